The van der Waals surface area contributed by atoms with Crippen molar-refractivity contribution in [1.82, 2.24) is 4.98 Å². The zero-order valence-electron chi connectivity index (χ0n) is 17.7. The van der Waals surface area contributed by atoms with Crippen molar-refractivity contribution in [2.45, 2.75) is 46.6 Å². The fraction of sp³-hybridized carbons (Fsp3) is 0.333. The van der Waals surface area contributed by atoms with Crippen LogP contribution in [0, 0.1) is 6.92 Å². The van der Waals surface area contributed by atoms with Crippen LogP contribution in [0.2, 0.25) is 0 Å². The Morgan fingerprint density at radius 2 is 1.90 bits per heavy atom. The largest absolute Gasteiger partial charge is 0.492 e. The molecule has 5 nitrogen and oxygen atoms in total. The molecular weight excluding hydrogens is 364 g/mol. The molecule has 1 heterocycles. The van der Waals surface area contributed by atoms with Crippen LogP contribution in [0.15, 0.2) is 48.7 Å². The van der Waals surface area contributed by atoms with Gasteiger partial charge in [-0.25, -0.2) is 0 Å². The van der Waals surface area contributed by atoms with E-state index in [2.05, 4.69) is 36.3 Å². The first kappa shape index (κ1) is 20.6. The molecule has 0 spiro atoms. The van der Waals surface area contributed by atoms with Gasteiger partial charge in [-0.2, -0.15) is 0 Å². The quantitative estimate of drug-likeness (QED) is 0.579. The second-order valence-electron chi connectivity index (χ2n) is 7.39. The molecule has 1 amide bonds. The number of hydrogen-bond acceptors (Lipinski definition) is 4. The van der Waals surface area contributed by atoms with Gasteiger partial charge < -0.3 is 14.8 Å². The highest BCUT2D eigenvalue weighted by atomic mass is 16.5. The van der Waals surface area contributed by atoms with Gasteiger partial charge in [0, 0.05) is 11.6 Å². The molecule has 1 atom stereocenters. The Labute approximate surface area is 172 Å². The fourth-order valence-corrected chi connectivity index (χ4v) is 3.23. The summed E-state index contributed by atoms with van der Waals surface area (Å²) in [5.41, 5.74) is 3.60. The van der Waals surface area contributed by atoms with Crippen LogP contribution in [0.4, 0.5) is 5.69 Å². The van der Waals surface area contributed by atoms with Crippen LogP contribution in [0.5, 0.6) is 11.5 Å². The van der Waals surface area contributed by atoms with Crippen molar-refractivity contribution in [2.24, 2.45) is 0 Å². The van der Waals surface area contributed by atoms with Crippen molar-refractivity contribution < 1.29 is 14.3 Å². The number of rotatable bonds is 7. The number of aromatic nitrogens is 1. The number of nitrogens with zero attached hydrogens (tertiary/aromatic N) is 1. The Hall–Kier alpha value is -3.08. The third-order valence-electron chi connectivity index (χ3n) is 4.75. The minimum absolute atomic E-state index is 0.212. The topological polar surface area (TPSA) is 60.5 Å². The van der Waals surface area contributed by atoms with Gasteiger partial charge in [0.25, 0.3) is 5.91 Å². The molecule has 29 heavy (non-hydrogen) atoms. The van der Waals surface area contributed by atoms with Gasteiger partial charge in [0.05, 0.1) is 12.3 Å². The molecule has 1 aromatic heterocycles. The molecule has 1 N–H and O–H groups in total. The van der Waals surface area contributed by atoms with Gasteiger partial charge in [0.1, 0.15) is 17.0 Å². The number of nitrogens with one attached hydrogen (secondary N) is 1. The third-order valence-corrected chi connectivity index (χ3v) is 4.75. The van der Waals surface area contributed by atoms with E-state index in [1.54, 1.807) is 13.1 Å². The van der Waals surface area contributed by atoms with E-state index in [4.69, 9.17) is 9.47 Å². The lowest BCUT2D eigenvalue weighted by atomic mass is 10.0. The molecule has 0 unspecified atom stereocenters. The van der Waals surface area contributed by atoms with Gasteiger partial charge in [-0.05, 0) is 68.1 Å². The van der Waals surface area contributed by atoms with Crippen molar-refractivity contribution in [3.8, 4) is 11.5 Å². The van der Waals surface area contributed by atoms with Gasteiger partial charge in [-0.3, -0.25) is 9.78 Å². The minimum atomic E-state index is -0.646. The Morgan fingerprint density at radius 1 is 1.10 bits per heavy atom. The van der Waals surface area contributed by atoms with Gasteiger partial charge >= 0.3 is 0 Å². The van der Waals surface area contributed by atoms with Crippen LogP contribution in [-0.2, 0) is 4.79 Å². The molecule has 0 aliphatic rings. The molecule has 0 radical (unpaired) electrons. The number of fused-ring (bicyclic) bond motifs is 1. The highest BCUT2D eigenvalue weighted by Gasteiger charge is 2.19. The van der Waals surface area contributed by atoms with E-state index in [0.29, 0.717) is 24.0 Å². The zero-order chi connectivity index (χ0) is 21.0. The zero-order valence-corrected chi connectivity index (χ0v) is 17.7. The van der Waals surface area contributed by atoms with Crippen molar-refractivity contribution in [1.29, 1.82) is 0 Å². The third kappa shape index (κ3) is 4.67. The Morgan fingerprint density at radius 3 is 2.62 bits per heavy atom. The number of pyridine rings is 1. The standard InChI is InChI=1S/C24H28N2O3/c1-6-28-21-12-11-20(19-8-7-13-25-23(19)21)26-24(27)17(5)29-22-14-16(4)9-10-18(22)15(2)3/h7-15,17H,6H2,1-5H3,(H,26,27)/t17-/m0/s1. The molecule has 152 valence electrons. The summed E-state index contributed by atoms with van der Waals surface area (Å²) in [6, 6.07) is 13.5. The van der Waals surface area contributed by atoms with E-state index in [1.165, 1.54) is 0 Å². The summed E-state index contributed by atoms with van der Waals surface area (Å²) in [7, 11) is 0. The molecule has 3 aromatic rings. The second-order valence-corrected chi connectivity index (χ2v) is 7.39. The number of hydrogen-bond donors (Lipinski definition) is 1. The monoisotopic (exact) mass is 392 g/mol. The molecule has 0 bridgehead atoms. The van der Waals surface area contributed by atoms with E-state index >= 15 is 0 Å². The van der Waals surface area contributed by atoms with E-state index < -0.39 is 6.10 Å². The summed E-state index contributed by atoms with van der Waals surface area (Å²) in [6.07, 6.45) is 1.07. The molecule has 0 saturated carbocycles. The van der Waals surface area contributed by atoms with Gasteiger partial charge in [-0.15, -0.1) is 0 Å². The van der Waals surface area contributed by atoms with Crippen LogP contribution >= 0.6 is 0 Å². The maximum atomic E-state index is 12.8. The minimum Gasteiger partial charge on any atom is -0.492 e. The fourth-order valence-electron chi connectivity index (χ4n) is 3.23. The van der Waals surface area contributed by atoms with Crippen LogP contribution in [0.25, 0.3) is 10.9 Å². The highest BCUT2D eigenvalue weighted by Crippen LogP contribution is 2.31. The van der Waals surface area contributed by atoms with Gasteiger partial charge in [0.2, 0.25) is 0 Å². The lowest BCUT2D eigenvalue weighted by Gasteiger charge is -2.20. The predicted octanol–water partition coefficient (Wildman–Crippen LogP) is 5.47. The molecular formula is C24H28N2O3. The van der Waals surface area contributed by atoms with E-state index in [9.17, 15) is 4.79 Å². The molecule has 0 saturated heterocycles. The van der Waals surface area contributed by atoms with E-state index in [1.807, 2.05) is 44.2 Å². The molecule has 2 aromatic carbocycles. The summed E-state index contributed by atoms with van der Waals surface area (Å²) in [4.78, 5) is 17.3. The number of ether oxygens (including phenoxy) is 2. The van der Waals surface area contributed by atoms with Gasteiger partial charge in [-0.1, -0.05) is 26.0 Å². The summed E-state index contributed by atoms with van der Waals surface area (Å²) in [5, 5.41) is 3.81. The number of amides is 1. The first-order valence-corrected chi connectivity index (χ1v) is 9.99. The molecule has 0 fully saturated rings. The molecule has 3 rings (SSSR count). The van der Waals surface area contributed by atoms with E-state index in [-0.39, 0.29) is 5.91 Å². The van der Waals surface area contributed by atoms with Crippen molar-refractivity contribution in [2.75, 3.05) is 11.9 Å². The molecule has 5 heteroatoms. The number of carbonyl (C=O) groups is 1. The van der Waals surface area contributed by atoms with Crippen molar-refractivity contribution >= 4 is 22.5 Å². The van der Waals surface area contributed by atoms with Crippen LogP contribution in [0.1, 0.15) is 44.7 Å². The molecule has 0 aliphatic heterocycles. The summed E-state index contributed by atoms with van der Waals surface area (Å²) in [6.45, 7) is 10.5. The van der Waals surface area contributed by atoms with Crippen LogP contribution in [0.3, 0.4) is 0 Å². The normalized spacial score (nSPS) is 12.1. The first-order chi connectivity index (χ1) is 13.9. The Kier molecular flexibility index (Phi) is 6.37. The van der Waals surface area contributed by atoms with E-state index in [0.717, 1.165) is 27.8 Å². The average Bonchev–Trinajstić information content (AvgIpc) is 2.69. The Bertz CT molecular complexity index is 1010. The number of anilines is 1. The lowest BCUT2D eigenvalue weighted by Crippen LogP contribution is -2.30. The summed E-state index contributed by atoms with van der Waals surface area (Å²) < 4.78 is 11.7. The van der Waals surface area contributed by atoms with Crippen molar-refractivity contribution in [3.05, 3.63) is 59.8 Å². The maximum absolute atomic E-state index is 12.8. The smallest absolute Gasteiger partial charge is 0.265 e. The second kappa shape index (κ2) is 8.95. The van der Waals surface area contributed by atoms with Crippen LogP contribution < -0.4 is 14.8 Å². The number of carbonyl (C=O) groups excluding carboxylic acids is 1. The van der Waals surface area contributed by atoms with Crippen molar-refractivity contribution in [3.63, 3.8) is 0 Å². The summed E-state index contributed by atoms with van der Waals surface area (Å²) in [5.74, 6) is 1.55. The lowest BCUT2D eigenvalue weighted by molar-refractivity contribution is -0.122. The highest BCUT2D eigenvalue weighted by molar-refractivity contribution is 6.04. The SMILES string of the molecule is CCOc1ccc(NC(=O)[C@H](C)Oc2cc(C)ccc2C(C)C)c2cccnc12. The predicted molar refractivity (Wildman–Crippen MR) is 117 cm³/mol. The first-order valence-electron chi connectivity index (χ1n) is 9.99. The maximum Gasteiger partial charge on any atom is 0.265 e. The number of aryl methyl sites for hydroxylation is 1. The molecule has 0 aliphatic carbocycles. The van der Waals surface area contributed by atoms with Crippen LogP contribution in [-0.4, -0.2) is 23.6 Å². The van der Waals surface area contributed by atoms with Gasteiger partial charge in [0.15, 0.2) is 6.10 Å². The summed E-state index contributed by atoms with van der Waals surface area (Å²) >= 11 is 0. The number of benzene rings is 2. The average molecular weight is 392 g/mol. The Balaban J connectivity index is 1.82.